The van der Waals surface area contributed by atoms with Gasteiger partial charge in [0.05, 0.1) is 10.4 Å². The third kappa shape index (κ3) is 4.51. The van der Waals surface area contributed by atoms with E-state index in [1.165, 1.54) is 16.4 Å². The van der Waals surface area contributed by atoms with E-state index in [4.69, 9.17) is 11.6 Å². The minimum atomic E-state index is -3.73. The molecule has 0 heterocycles. The molecule has 0 aliphatic heterocycles. The van der Waals surface area contributed by atoms with Gasteiger partial charge in [-0.05, 0) is 37.6 Å². The first-order valence-corrected chi connectivity index (χ1v) is 10.6. The topological polar surface area (TPSA) is 66.5 Å². The number of hydrogen-bond donors (Lipinski definition) is 1. The fourth-order valence-electron chi connectivity index (χ4n) is 2.75. The third-order valence-corrected chi connectivity index (χ3v) is 7.11. The molecule has 2 rings (SSSR count). The summed E-state index contributed by atoms with van der Waals surface area (Å²) in [7, 11) is -3.73. The fourth-order valence-corrected chi connectivity index (χ4v) is 4.71. The van der Waals surface area contributed by atoms with Crippen LogP contribution in [-0.2, 0) is 20.2 Å². The maximum absolute atomic E-state index is 12.8. The Morgan fingerprint density at radius 3 is 2.22 bits per heavy atom. The molecule has 0 unspecified atom stereocenters. The zero-order chi connectivity index (χ0) is 20.2. The first kappa shape index (κ1) is 21.4. The molecule has 0 bridgehead atoms. The lowest BCUT2D eigenvalue weighted by Crippen LogP contribution is -2.35. The maximum Gasteiger partial charge on any atom is 0.244 e. The Morgan fingerprint density at radius 1 is 1.07 bits per heavy atom. The maximum atomic E-state index is 12.8. The van der Waals surface area contributed by atoms with Crippen molar-refractivity contribution in [1.82, 2.24) is 4.31 Å². The number of halogens is 1. The molecule has 1 N–H and O–H groups in total. The van der Waals surface area contributed by atoms with Crippen LogP contribution in [0.15, 0.2) is 53.4 Å². The average molecular weight is 409 g/mol. The molecule has 0 spiro atoms. The second kappa shape index (κ2) is 8.42. The summed E-state index contributed by atoms with van der Waals surface area (Å²) in [6, 6.07) is 13.9. The Morgan fingerprint density at radius 2 is 1.67 bits per heavy atom. The van der Waals surface area contributed by atoms with Crippen LogP contribution in [0, 0.1) is 0 Å². The number of rotatable bonds is 7. The quantitative estimate of drug-likeness (QED) is 0.743. The average Bonchev–Trinajstić information content (AvgIpc) is 2.64. The summed E-state index contributed by atoms with van der Waals surface area (Å²) in [6.45, 7) is 7.85. The smallest absolute Gasteiger partial charge is 0.244 e. The number of anilines is 1. The van der Waals surface area contributed by atoms with E-state index in [9.17, 15) is 13.2 Å². The number of amides is 1. The summed E-state index contributed by atoms with van der Waals surface area (Å²) in [5.74, 6) is -0.234. The van der Waals surface area contributed by atoms with E-state index in [2.05, 4.69) is 5.32 Å². The zero-order valence-corrected chi connectivity index (χ0v) is 17.6. The van der Waals surface area contributed by atoms with Crippen LogP contribution in [0.5, 0.6) is 0 Å². The molecule has 0 atom stereocenters. The largest absolute Gasteiger partial charge is 0.325 e. The van der Waals surface area contributed by atoms with Crippen LogP contribution >= 0.6 is 11.6 Å². The van der Waals surface area contributed by atoms with Crippen LogP contribution in [0.2, 0.25) is 5.02 Å². The number of nitrogens with zero attached hydrogens (tertiary/aromatic N) is 1. The molecule has 146 valence electrons. The molecule has 5 nitrogen and oxygen atoms in total. The molecular formula is C20H25ClN2O3S. The first-order chi connectivity index (χ1) is 12.6. The lowest BCUT2D eigenvalue weighted by Gasteiger charge is -2.25. The SMILES string of the molecule is CCN(CC)S(=O)(=O)c1cc(NC(=O)C(C)(C)c2ccccc2)ccc1Cl. The molecule has 0 saturated carbocycles. The highest BCUT2D eigenvalue weighted by molar-refractivity contribution is 7.89. The second-order valence-corrected chi connectivity index (χ2v) is 8.99. The van der Waals surface area contributed by atoms with E-state index in [-0.39, 0.29) is 15.8 Å². The van der Waals surface area contributed by atoms with Gasteiger partial charge in [-0.3, -0.25) is 4.79 Å². The van der Waals surface area contributed by atoms with Crippen molar-refractivity contribution in [3.05, 3.63) is 59.1 Å². The molecule has 2 aromatic rings. The molecule has 0 aliphatic rings. The molecule has 27 heavy (non-hydrogen) atoms. The third-order valence-electron chi connectivity index (χ3n) is 4.58. The van der Waals surface area contributed by atoms with Crippen molar-refractivity contribution < 1.29 is 13.2 Å². The van der Waals surface area contributed by atoms with E-state index in [0.29, 0.717) is 18.8 Å². The first-order valence-electron chi connectivity index (χ1n) is 8.81. The molecule has 0 aliphatic carbocycles. The number of hydrogen-bond acceptors (Lipinski definition) is 3. The molecule has 0 fully saturated rings. The van der Waals surface area contributed by atoms with Crippen LogP contribution in [0.3, 0.4) is 0 Å². The molecule has 0 aromatic heterocycles. The predicted octanol–water partition coefficient (Wildman–Crippen LogP) is 4.29. The molecular weight excluding hydrogens is 384 g/mol. The lowest BCUT2D eigenvalue weighted by molar-refractivity contribution is -0.120. The summed E-state index contributed by atoms with van der Waals surface area (Å²) in [5.41, 5.74) is 0.477. The van der Waals surface area contributed by atoms with E-state index in [0.717, 1.165) is 5.56 Å². The van der Waals surface area contributed by atoms with Gasteiger partial charge in [0.2, 0.25) is 15.9 Å². The highest BCUT2D eigenvalue weighted by Gasteiger charge is 2.30. The Labute approximate surface area is 166 Å². The standard InChI is InChI=1S/C20H25ClN2O3S/c1-5-23(6-2)27(25,26)18-14-16(12-13-17(18)21)22-19(24)20(3,4)15-10-8-7-9-11-15/h7-14H,5-6H2,1-4H3,(H,22,24). The monoisotopic (exact) mass is 408 g/mol. The van der Waals surface area contributed by atoms with Gasteiger partial charge in [-0.2, -0.15) is 4.31 Å². The van der Waals surface area contributed by atoms with Crippen molar-refractivity contribution in [3.8, 4) is 0 Å². The molecule has 2 aromatic carbocycles. The Bertz CT molecular complexity index is 908. The summed E-state index contributed by atoms with van der Waals surface area (Å²) in [5, 5.41) is 2.94. The normalized spacial score (nSPS) is 12.2. The van der Waals surface area contributed by atoms with Crippen LogP contribution in [0.4, 0.5) is 5.69 Å². The van der Waals surface area contributed by atoms with E-state index >= 15 is 0 Å². The molecule has 7 heteroatoms. The van der Waals surface area contributed by atoms with E-state index < -0.39 is 15.4 Å². The number of sulfonamides is 1. The van der Waals surface area contributed by atoms with Gasteiger partial charge in [0, 0.05) is 18.8 Å². The molecule has 0 saturated heterocycles. The zero-order valence-electron chi connectivity index (χ0n) is 16.0. The van der Waals surface area contributed by atoms with Gasteiger partial charge in [-0.25, -0.2) is 8.42 Å². The van der Waals surface area contributed by atoms with Gasteiger partial charge in [-0.1, -0.05) is 55.8 Å². The summed E-state index contributed by atoms with van der Waals surface area (Å²) < 4.78 is 26.9. The fraction of sp³-hybridized carbons (Fsp3) is 0.350. The highest BCUT2D eigenvalue weighted by atomic mass is 35.5. The van der Waals surface area contributed by atoms with Gasteiger partial charge in [0.15, 0.2) is 0 Å². The van der Waals surface area contributed by atoms with Crippen LogP contribution in [-0.4, -0.2) is 31.7 Å². The predicted molar refractivity (Wildman–Crippen MR) is 110 cm³/mol. The van der Waals surface area contributed by atoms with Crippen LogP contribution < -0.4 is 5.32 Å². The van der Waals surface area contributed by atoms with Gasteiger partial charge in [-0.15, -0.1) is 0 Å². The Kier molecular flexibility index (Phi) is 6.68. The number of carbonyl (C=O) groups excluding carboxylic acids is 1. The lowest BCUT2D eigenvalue weighted by atomic mass is 9.83. The van der Waals surface area contributed by atoms with Crippen molar-refractivity contribution in [3.63, 3.8) is 0 Å². The van der Waals surface area contributed by atoms with Crippen molar-refractivity contribution in [2.45, 2.75) is 38.0 Å². The van der Waals surface area contributed by atoms with Gasteiger partial charge >= 0.3 is 0 Å². The van der Waals surface area contributed by atoms with Crippen molar-refractivity contribution in [2.75, 3.05) is 18.4 Å². The number of carbonyl (C=O) groups is 1. The second-order valence-electron chi connectivity index (χ2n) is 6.68. The molecule has 0 radical (unpaired) electrons. The van der Waals surface area contributed by atoms with Crippen LogP contribution in [0.1, 0.15) is 33.3 Å². The van der Waals surface area contributed by atoms with Crippen LogP contribution in [0.25, 0.3) is 0 Å². The molecule has 1 amide bonds. The minimum absolute atomic E-state index is 0.0109. The summed E-state index contributed by atoms with van der Waals surface area (Å²) in [4.78, 5) is 12.8. The number of nitrogens with one attached hydrogen (secondary N) is 1. The Balaban J connectivity index is 2.35. The summed E-state index contributed by atoms with van der Waals surface area (Å²) in [6.07, 6.45) is 0. The highest BCUT2D eigenvalue weighted by Crippen LogP contribution is 2.30. The Hall–Kier alpha value is -1.89. The van der Waals surface area contributed by atoms with Gasteiger partial charge in [0.1, 0.15) is 4.90 Å². The van der Waals surface area contributed by atoms with E-state index in [1.54, 1.807) is 19.9 Å². The van der Waals surface area contributed by atoms with Gasteiger partial charge < -0.3 is 5.32 Å². The van der Waals surface area contributed by atoms with Crippen molar-refractivity contribution >= 4 is 33.2 Å². The van der Waals surface area contributed by atoms with Crippen molar-refractivity contribution in [1.29, 1.82) is 0 Å². The minimum Gasteiger partial charge on any atom is -0.325 e. The van der Waals surface area contributed by atoms with E-state index in [1.807, 2.05) is 44.2 Å². The van der Waals surface area contributed by atoms with Crippen molar-refractivity contribution in [2.24, 2.45) is 0 Å². The van der Waals surface area contributed by atoms with Gasteiger partial charge in [0.25, 0.3) is 0 Å². The number of benzene rings is 2. The summed E-state index contributed by atoms with van der Waals surface area (Å²) >= 11 is 6.14.